The summed E-state index contributed by atoms with van der Waals surface area (Å²) in [6.07, 6.45) is 1.43. The Hall–Kier alpha value is -0.460. The molecule has 1 aromatic rings. The molecule has 2 rings (SSSR count). The van der Waals surface area contributed by atoms with Crippen LogP contribution in [0.15, 0.2) is 22.7 Å². The molecule has 3 nitrogen and oxygen atoms in total. The molecule has 1 fully saturated rings. The highest BCUT2D eigenvalue weighted by Gasteiger charge is 2.33. The van der Waals surface area contributed by atoms with Gasteiger partial charge in [0, 0.05) is 6.04 Å². The van der Waals surface area contributed by atoms with Gasteiger partial charge in [0.1, 0.15) is 5.82 Å². The van der Waals surface area contributed by atoms with Crippen LogP contribution in [-0.4, -0.2) is 32.5 Å². The second-order valence-electron chi connectivity index (χ2n) is 5.28. The average molecular weight is 364 g/mol. The van der Waals surface area contributed by atoms with E-state index in [-0.39, 0.29) is 29.3 Å². The number of hydrogen-bond acceptors (Lipinski definition) is 3. The van der Waals surface area contributed by atoms with E-state index in [4.69, 9.17) is 0 Å². The Morgan fingerprint density at radius 1 is 1.50 bits per heavy atom. The zero-order chi connectivity index (χ0) is 14.8. The van der Waals surface area contributed by atoms with Gasteiger partial charge >= 0.3 is 0 Å². The van der Waals surface area contributed by atoms with Crippen LogP contribution in [0.2, 0.25) is 0 Å². The maximum Gasteiger partial charge on any atom is 0.150 e. The summed E-state index contributed by atoms with van der Waals surface area (Å²) in [4.78, 5) is 0. The van der Waals surface area contributed by atoms with E-state index in [1.807, 2.05) is 6.92 Å². The molecule has 2 atom stereocenters. The molecule has 0 aliphatic carbocycles. The van der Waals surface area contributed by atoms with E-state index in [2.05, 4.69) is 21.2 Å². The third-order valence-corrected chi connectivity index (χ3v) is 6.14. The summed E-state index contributed by atoms with van der Waals surface area (Å²) >= 11 is 3.19. The summed E-state index contributed by atoms with van der Waals surface area (Å²) < 4.78 is 36.9. The van der Waals surface area contributed by atoms with E-state index in [1.54, 1.807) is 12.1 Å². The van der Waals surface area contributed by atoms with Gasteiger partial charge in [-0.15, -0.1) is 0 Å². The molecule has 112 valence electrons. The molecule has 0 aromatic heterocycles. The number of nitrogens with one attached hydrogen (secondary N) is 1. The van der Waals surface area contributed by atoms with Gasteiger partial charge in [-0.3, -0.25) is 0 Å². The Kier molecular flexibility index (Phi) is 5.20. The molecular formula is C14H19BrFNO2S. The molecule has 0 saturated carbocycles. The van der Waals surface area contributed by atoms with Crippen LogP contribution in [0.3, 0.4) is 0 Å². The van der Waals surface area contributed by atoms with E-state index in [9.17, 15) is 12.8 Å². The van der Waals surface area contributed by atoms with Crippen molar-refractivity contribution in [2.24, 2.45) is 5.92 Å². The molecule has 1 aromatic carbocycles. The van der Waals surface area contributed by atoms with Gasteiger partial charge in [0.25, 0.3) is 0 Å². The van der Waals surface area contributed by atoms with E-state index in [0.29, 0.717) is 17.3 Å². The molecule has 1 aliphatic rings. The summed E-state index contributed by atoms with van der Waals surface area (Å²) in [5.41, 5.74) is 1.01. The smallest absolute Gasteiger partial charge is 0.150 e. The molecule has 20 heavy (non-hydrogen) atoms. The molecule has 0 bridgehead atoms. The largest absolute Gasteiger partial charge is 0.314 e. The lowest BCUT2D eigenvalue weighted by molar-refractivity contribution is 0.386. The van der Waals surface area contributed by atoms with Gasteiger partial charge in [-0.25, -0.2) is 12.8 Å². The molecule has 1 heterocycles. The first kappa shape index (κ1) is 15.9. The van der Waals surface area contributed by atoms with E-state index in [0.717, 1.165) is 12.1 Å². The maximum atomic E-state index is 13.2. The van der Waals surface area contributed by atoms with Crippen molar-refractivity contribution in [1.82, 2.24) is 5.32 Å². The van der Waals surface area contributed by atoms with Crippen LogP contribution in [0, 0.1) is 11.7 Å². The minimum atomic E-state index is -2.88. The minimum Gasteiger partial charge on any atom is -0.314 e. The average Bonchev–Trinajstić information content (AvgIpc) is 2.74. The third-order valence-electron chi connectivity index (χ3n) is 3.74. The van der Waals surface area contributed by atoms with Crippen LogP contribution in [-0.2, 0) is 16.3 Å². The highest BCUT2D eigenvalue weighted by molar-refractivity contribution is 9.10. The van der Waals surface area contributed by atoms with Gasteiger partial charge in [0.05, 0.1) is 16.0 Å². The van der Waals surface area contributed by atoms with Crippen LogP contribution in [0.1, 0.15) is 18.9 Å². The summed E-state index contributed by atoms with van der Waals surface area (Å²) in [6, 6.07) is 5.08. The summed E-state index contributed by atoms with van der Waals surface area (Å²) in [5, 5.41) is 3.37. The number of benzene rings is 1. The van der Waals surface area contributed by atoms with Crippen molar-refractivity contribution in [1.29, 1.82) is 0 Å². The molecule has 0 amide bonds. The Morgan fingerprint density at radius 3 is 2.80 bits per heavy atom. The molecule has 1 saturated heterocycles. The molecule has 1 N–H and O–H groups in total. The topological polar surface area (TPSA) is 46.2 Å². The van der Waals surface area contributed by atoms with Crippen molar-refractivity contribution in [3.8, 4) is 0 Å². The van der Waals surface area contributed by atoms with Crippen molar-refractivity contribution in [2.45, 2.75) is 25.8 Å². The minimum absolute atomic E-state index is 0.120. The first-order valence-corrected chi connectivity index (χ1v) is 9.40. The maximum absolute atomic E-state index is 13.2. The number of rotatable bonds is 5. The molecule has 0 radical (unpaired) electrons. The van der Waals surface area contributed by atoms with Gasteiger partial charge in [-0.2, -0.15) is 0 Å². The van der Waals surface area contributed by atoms with Crippen LogP contribution >= 0.6 is 15.9 Å². The van der Waals surface area contributed by atoms with E-state index < -0.39 is 9.84 Å². The Bertz CT molecular complexity index is 577. The molecule has 1 aliphatic heterocycles. The third kappa shape index (κ3) is 4.02. The lowest BCUT2D eigenvalue weighted by Gasteiger charge is -2.23. The highest BCUT2D eigenvalue weighted by Crippen LogP contribution is 2.25. The van der Waals surface area contributed by atoms with Crippen LogP contribution in [0.4, 0.5) is 4.39 Å². The van der Waals surface area contributed by atoms with Gasteiger partial charge in [-0.1, -0.05) is 13.0 Å². The lowest BCUT2D eigenvalue weighted by atomic mass is 9.93. The van der Waals surface area contributed by atoms with Crippen LogP contribution in [0.5, 0.6) is 0 Å². The van der Waals surface area contributed by atoms with Crippen molar-refractivity contribution < 1.29 is 12.8 Å². The van der Waals surface area contributed by atoms with Crippen LogP contribution in [0.25, 0.3) is 0 Å². The standard InChI is InChI=1S/C14H19BrFNO2S/c1-2-17-14(11-5-6-20(18,19)9-11)8-10-3-4-13(16)12(15)7-10/h3-4,7,11,14,17H,2,5-6,8-9H2,1H3. The van der Waals surface area contributed by atoms with Crippen molar-refractivity contribution in [2.75, 3.05) is 18.1 Å². The van der Waals surface area contributed by atoms with Gasteiger partial charge < -0.3 is 5.32 Å². The normalized spacial score (nSPS) is 22.9. The van der Waals surface area contributed by atoms with E-state index in [1.165, 1.54) is 6.07 Å². The second kappa shape index (κ2) is 6.54. The van der Waals surface area contributed by atoms with Gasteiger partial charge in [0.2, 0.25) is 0 Å². The zero-order valence-electron chi connectivity index (χ0n) is 11.4. The Morgan fingerprint density at radius 2 is 2.25 bits per heavy atom. The predicted molar refractivity (Wildman–Crippen MR) is 82.0 cm³/mol. The van der Waals surface area contributed by atoms with Gasteiger partial charge in [0.15, 0.2) is 9.84 Å². The number of hydrogen-bond donors (Lipinski definition) is 1. The summed E-state index contributed by atoms with van der Waals surface area (Å²) in [6.45, 7) is 2.81. The monoisotopic (exact) mass is 363 g/mol. The molecular weight excluding hydrogens is 345 g/mol. The fourth-order valence-electron chi connectivity index (χ4n) is 2.73. The highest BCUT2D eigenvalue weighted by atomic mass is 79.9. The summed E-state index contributed by atoms with van der Waals surface area (Å²) in [7, 11) is -2.88. The molecule has 2 unspecified atom stereocenters. The number of likely N-dealkylation sites (N-methyl/N-ethyl adjacent to an activating group) is 1. The van der Waals surface area contributed by atoms with Crippen molar-refractivity contribution >= 4 is 25.8 Å². The first-order valence-electron chi connectivity index (χ1n) is 6.79. The lowest BCUT2D eigenvalue weighted by Crippen LogP contribution is -2.38. The zero-order valence-corrected chi connectivity index (χ0v) is 13.8. The predicted octanol–water partition coefficient (Wildman–Crippen LogP) is 2.54. The number of sulfone groups is 1. The first-order chi connectivity index (χ1) is 9.41. The molecule has 0 spiro atoms. The van der Waals surface area contributed by atoms with Crippen molar-refractivity contribution in [3.05, 3.63) is 34.1 Å². The van der Waals surface area contributed by atoms with Crippen LogP contribution < -0.4 is 5.32 Å². The van der Waals surface area contributed by atoms with Gasteiger partial charge in [-0.05, 0) is 58.9 Å². The fourth-order valence-corrected chi connectivity index (χ4v) is 5.04. The molecule has 6 heteroatoms. The number of halogens is 2. The second-order valence-corrected chi connectivity index (χ2v) is 8.36. The Labute approximate surface area is 128 Å². The van der Waals surface area contributed by atoms with Crippen molar-refractivity contribution in [3.63, 3.8) is 0 Å². The quantitative estimate of drug-likeness (QED) is 0.874. The van der Waals surface area contributed by atoms with E-state index >= 15 is 0 Å². The summed E-state index contributed by atoms with van der Waals surface area (Å²) in [5.74, 6) is 0.403. The fraction of sp³-hybridized carbons (Fsp3) is 0.571. The SMILES string of the molecule is CCNC(Cc1ccc(F)c(Br)c1)C1CCS(=O)(=O)C1. The Balaban J connectivity index is 2.11.